The van der Waals surface area contributed by atoms with Crippen molar-refractivity contribution < 1.29 is 13.5 Å². The fraction of sp³-hybridized carbons (Fsp3) is 0.636. The zero-order chi connectivity index (χ0) is 12.6. The Balaban J connectivity index is 2.22. The summed E-state index contributed by atoms with van der Waals surface area (Å²) in [4.78, 5) is 0.784. The van der Waals surface area contributed by atoms with E-state index in [1.807, 2.05) is 0 Å². The quantitative estimate of drug-likeness (QED) is 0.877. The normalized spacial score (nSPS) is 24.6. The maximum absolute atomic E-state index is 12.2. The molecule has 1 aromatic heterocycles. The molecule has 2 rings (SSSR count). The molecular weight excluding hydrogens is 258 g/mol. The van der Waals surface area contributed by atoms with Crippen LogP contribution in [0.5, 0.6) is 0 Å². The summed E-state index contributed by atoms with van der Waals surface area (Å²) in [5, 5.41) is 10.9. The Morgan fingerprint density at radius 3 is 2.71 bits per heavy atom. The van der Waals surface area contributed by atoms with Gasteiger partial charge in [0.1, 0.15) is 4.90 Å². The Bertz CT molecular complexity index is 501. The summed E-state index contributed by atoms with van der Waals surface area (Å²) >= 11 is 1.29. The topological polar surface area (TPSA) is 66.4 Å². The van der Waals surface area contributed by atoms with Crippen molar-refractivity contribution >= 4 is 21.4 Å². The van der Waals surface area contributed by atoms with Crippen LogP contribution in [-0.2, 0) is 16.6 Å². The molecule has 96 valence electrons. The Kier molecular flexibility index (Phi) is 3.58. The molecular formula is C11H17NO3S2. The lowest BCUT2D eigenvalue weighted by molar-refractivity contribution is 0.269. The van der Waals surface area contributed by atoms with Crippen molar-refractivity contribution in [1.82, 2.24) is 4.72 Å². The standard InChI is InChI=1S/C11H17NO3S2/c1-7-3-9(4-7)12-17(14,15)11-8(2)6-16-10(11)5-13/h6-7,9,12-13H,3-5H2,1-2H3. The van der Waals surface area contributed by atoms with Crippen LogP contribution in [0.25, 0.3) is 0 Å². The maximum atomic E-state index is 12.2. The Hall–Kier alpha value is -0.430. The number of rotatable bonds is 4. The second-order valence-electron chi connectivity index (χ2n) is 4.72. The summed E-state index contributed by atoms with van der Waals surface area (Å²) < 4.78 is 27.1. The molecule has 0 amide bonds. The summed E-state index contributed by atoms with van der Waals surface area (Å²) in [5.41, 5.74) is 0.707. The van der Waals surface area contributed by atoms with Crippen molar-refractivity contribution in [2.75, 3.05) is 0 Å². The zero-order valence-electron chi connectivity index (χ0n) is 9.93. The van der Waals surface area contributed by atoms with Gasteiger partial charge in [0, 0.05) is 6.04 Å². The Labute approximate surface area is 106 Å². The van der Waals surface area contributed by atoms with E-state index in [4.69, 9.17) is 5.11 Å². The van der Waals surface area contributed by atoms with Crippen LogP contribution in [0.15, 0.2) is 10.3 Å². The molecule has 1 aliphatic carbocycles. The van der Waals surface area contributed by atoms with E-state index < -0.39 is 10.0 Å². The van der Waals surface area contributed by atoms with Gasteiger partial charge >= 0.3 is 0 Å². The van der Waals surface area contributed by atoms with Crippen molar-refractivity contribution in [3.63, 3.8) is 0 Å². The molecule has 17 heavy (non-hydrogen) atoms. The predicted molar refractivity (Wildman–Crippen MR) is 67.5 cm³/mol. The minimum Gasteiger partial charge on any atom is -0.391 e. The Morgan fingerprint density at radius 1 is 1.53 bits per heavy atom. The molecule has 0 unspecified atom stereocenters. The number of hydrogen-bond acceptors (Lipinski definition) is 4. The van der Waals surface area contributed by atoms with Gasteiger partial charge in [-0.25, -0.2) is 13.1 Å². The second kappa shape index (κ2) is 4.68. The van der Waals surface area contributed by atoms with Crippen LogP contribution in [0.3, 0.4) is 0 Å². The van der Waals surface area contributed by atoms with Crippen molar-refractivity contribution in [2.24, 2.45) is 5.92 Å². The van der Waals surface area contributed by atoms with Gasteiger partial charge in [-0.05, 0) is 36.6 Å². The van der Waals surface area contributed by atoms with Gasteiger partial charge in [0.2, 0.25) is 10.0 Å². The molecule has 1 heterocycles. The largest absolute Gasteiger partial charge is 0.391 e. The molecule has 2 N–H and O–H groups in total. The average molecular weight is 275 g/mol. The summed E-state index contributed by atoms with van der Waals surface area (Å²) in [6.45, 7) is 3.64. The molecule has 1 saturated carbocycles. The molecule has 0 spiro atoms. The van der Waals surface area contributed by atoms with Gasteiger partial charge < -0.3 is 5.11 Å². The average Bonchev–Trinajstić information content (AvgIpc) is 2.57. The van der Waals surface area contributed by atoms with E-state index in [0.717, 1.165) is 12.8 Å². The monoisotopic (exact) mass is 275 g/mol. The number of aliphatic hydroxyl groups excluding tert-OH is 1. The fourth-order valence-electron chi connectivity index (χ4n) is 2.23. The molecule has 0 aliphatic heterocycles. The van der Waals surface area contributed by atoms with E-state index in [9.17, 15) is 8.42 Å². The van der Waals surface area contributed by atoms with Crippen molar-refractivity contribution in [3.05, 3.63) is 15.8 Å². The van der Waals surface area contributed by atoms with Gasteiger partial charge in [0.25, 0.3) is 0 Å². The number of aryl methyl sites for hydroxylation is 1. The van der Waals surface area contributed by atoms with Crippen LogP contribution in [0.4, 0.5) is 0 Å². The number of aliphatic hydroxyl groups is 1. The SMILES string of the molecule is Cc1csc(CO)c1S(=O)(=O)NC1CC(C)C1. The first kappa shape index (κ1) is 13.0. The highest BCUT2D eigenvalue weighted by Crippen LogP contribution is 2.31. The van der Waals surface area contributed by atoms with Crippen LogP contribution in [0, 0.1) is 12.8 Å². The number of nitrogens with one attached hydrogen (secondary N) is 1. The molecule has 1 fully saturated rings. The third-order valence-electron chi connectivity index (χ3n) is 3.10. The first-order valence-corrected chi connectivity index (χ1v) is 8.00. The lowest BCUT2D eigenvalue weighted by Gasteiger charge is -2.33. The molecule has 0 atom stereocenters. The first-order valence-electron chi connectivity index (χ1n) is 5.64. The highest BCUT2D eigenvalue weighted by atomic mass is 32.2. The lowest BCUT2D eigenvalue weighted by atomic mass is 9.83. The summed E-state index contributed by atoms with van der Waals surface area (Å²) in [5.74, 6) is 0.601. The number of thiophene rings is 1. The third kappa shape index (κ3) is 2.54. The van der Waals surface area contributed by atoms with Gasteiger partial charge in [-0.15, -0.1) is 11.3 Å². The highest BCUT2D eigenvalue weighted by molar-refractivity contribution is 7.89. The molecule has 0 radical (unpaired) electrons. The molecule has 6 heteroatoms. The van der Waals surface area contributed by atoms with E-state index >= 15 is 0 Å². The minimum atomic E-state index is -3.47. The summed E-state index contributed by atoms with van der Waals surface area (Å²) in [7, 11) is -3.47. The second-order valence-corrected chi connectivity index (χ2v) is 7.34. The first-order chi connectivity index (χ1) is 7.94. The van der Waals surface area contributed by atoms with Gasteiger partial charge in [-0.3, -0.25) is 0 Å². The summed E-state index contributed by atoms with van der Waals surface area (Å²) in [6, 6.07) is 0.0563. The van der Waals surface area contributed by atoms with E-state index in [1.54, 1.807) is 12.3 Å². The van der Waals surface area contributed by atoms with Gasteiger partial charge in [0.15, 0.2) is 0 Å². The van der Waals surface area contributed by atoms with E-state index in [2.05, 4.69) is 11.6 Å². The zero-order valence-corrected chi connectivity index (χ0v) is 11.6. The molecule has 1 aromatic rings. The lowest BCUT2D eigenvalue weighted by Crippen LogP contribution is -2.43. The maximum Gasteiger partial charge on any atom is 0.242 e. The number of sulfonamides is 1. The van der Waals surface area contributed by atoms with Crippen LogP contribution >= 0.6 is 11.3 Å². The van der Waals surface area contributed by atoms with Crippen molar-refractivity contribution in [1.29, 1.82) is 0 Å². The predicted octanol–water partition coefficient (Wildman–Crippen LogP) is 1.63. The van der Waals surface area contributed by atoms with Crippen LogP contribution in [0.2, 0.25) is 0 Å². The summed E-state index contributed by atoms with van der Waals surface area (Å²) in [6.07, 6.45) is 1.80. The number of hydrogen-bond donors (Lipinski definition) is 2. The van der Waals surface area contributed by atoms with Crippen LogP contribution in [0.1, 0.15) is 30.2 Å². The van der Waals surface area contributed by atoms with Crippen molar-refractivity contribution in [2.45, 2.75) is 44.2 Å². The van der Waals surface area contributed by atoms with Gasteiger partial charge in [0.05, 0.1) is 11.5 Å². The molecule has 1 aliphatic rings. The van der Waals surface area contributed by atoms with Crippen LogP contribution in [-0.4, -0.2) is 19.6 Å². The van der Waals surface area contributed by atoms with Gasteiger partial charge in [-0.2, -0.15) is 0 Å². The minimum absolute atomic E-state index is 0.0563. The molecule has 4 nitrogen and oxygen atoms in total. The van der Waals surface area contributed by atoms with E-state index in [0.29, 0.717) is 16.4 Å². The third-order valence-corrected chi connectivity index (χ3v) is 6.07. The van der Waals surface area contributed by atoms with Crippen LogP contribution < -0.4 is 4.72 Å². The van der Waals surface area contributed by atoms with E-state index in [1.165, 1.54) is 11.3 Å². The molecule has 0 saturated heterocycles. The van der Waals surface area contributed by atoms with Gasteiger partial charge in [-0.1, -0.05) is 6.92 Å². The highest BCUT2D eigenvalue weighted by Gasteiger charge is 2.31. The Morgan fingerprint density at radius 2 is 2.18 bits per heavy atom. The molecule has 0 bridgehead atoms. The smallest absolute Gasteiger partial charge is 0.242 e. The van der Waals surface area contributed by atoms with E-state index in [-0.39, 0.29) is 17.5 Å². The molecule has 0 aromatic carbocycles. The van der Waals surface area contributed by atoms with Crippen molar-refractivity contribution in [3.8, 4) is 0 Å². The fourth-order valence-corrected chi connectivity index (χ4v) is 5.16.